The van der Waals surface area contributed by atoms with Crippen LogP contribution in [0.2, 0.25) is 0 Å². The number of fused-ring (bicyclic) bond motifs is 1. The van der Waals surface area contributed by atoms with Gasteiger partial charge in [0.05, 0.1) is 12.2 Å². The standard InChI is InChI=1S/C7H12O2/c8-6-4-7-5(6)2-1-3-9-7/h5-8H,1-4H2. The van der Waals surface area contributed by atoms with E-state index in [2.05, 4.69) is 0 Å². The van der Waals surface area contributed by atoms with E-state index in [-0.39, 0.29) is 6.10 Å². The topological polar surface area (TPSA) is 29.5 Å². The molecule has 1 aliphatic carbocycles. The van der Waals surface area contributed by atoms with Crippen LogP contribution in [-0.4, -0.2) is 23.9 Å². The van der Waals surface area contributed by atoms with Gasteiger partial charge in [0.2, 0.25) is 0 Å². The van der Waals surface area contributed by atoms with Crippen LogP contribution in [0.4, 0.5) is 0 Å². The molecule has 3 atom stereocenters. The quantitative estimate of drug-likeness (QED) is 0.516. The zero-order valence-corrected chi connectivity index (χ0v) is 5.42. The fourth-order valence-corrected chi connectivity index (χ4v) is 1.76. The summed E-state index contributed by atoms with van der Waals surface area (Å²) in [6.07, 6.45) is 3.55. The third-order valence-corrected chi connectivity index (χ3v) is 2.46. The van der Waals surface area contributed by atoms with Crippen molar-refractivity contribution >= 4 is 0 Å². The predicted molar refractivity (Wildman–Crippen MR) is 33.1 cm³/mol. The van der Waals surface area contributed by atoms with Crippen molar-refractivity contribution in [1.82, 2.24) is 0 Å². The normalized spacial score (nSPS) is 49.7. The molecular formula is C7H12O2. The molecule has 0 radical (unpaired) electrons. The van der Waals surface area contributed by atoms with Crippen LogP contribution in [0, 0.1) is 5.92 Å². The molecule has 9 heavy (non-hydrogen) atoms. The zero-order valence-electron chi connectivity index (χ0n) is 5.42. The molecule has 0 amide bonds. The first kappa shape index (κ1) is 5.69. The van der Waals surface area contributed by atoms with Crippen LogP contribution in [0.1, 0.15) is 19.3 Å². The van der Waals surface area contributed by atoms with Crippen molar-refractivity contribution in [2.45, 2.75) is 31.5 Å². The van der Waals surface area contributed by atoms with Gasteiger partial charge in [-0.3, -0.25) is 0 Å². The molecule has 1 heterocycles. The second kappa shape index (κ2) is 1.96. The van der Waals surface area contributed by atoms with Gasteiger partial charge in [0.1, 0.15) is 0 Å². The van der Waals surface area contributed by atoms with Crippen LogP contribution >= 0.6 is 0 Å². The monoisotopic (exact) mass is 128 g/mol. The van der Waals surface area contributed by atoms with Gasteiger partial charge in [-0.05, 0) is 12.8 Å². The Morgan fingerprint density at radius 3 is 2.89 bits per heavy atom. The van der Waals surface area contributed by atoms with Crippen LogP contribution in [0.25, 0.3) is 0 Å². The van der Waals surface area contributed by atoms with Crippen molar-refractivity contribution < 1.29 is 9.84 Å². The molecule has 2 rings (SSSR count). The van der Waals surface area contributed by atoms with Crippen LogP contribution in [-0.2, 0) is 4.74 Å². The molecule has 1 N–H and O–H groups in total. The van der Waals surface area contributed by atoms with E-state index < -0.39 is 0 Å². The first-order valence-electron chi connectivity index (χ1n) is 3.67. The van der Waals surface area contributed by atoms with Gasteiger partial charge in [0.15, 0.2) is 0 Å². The van der Waals surface area contributed by atoms with Gasteiger partial charge in [-0.15, -0.1) is 0 Å². The van der Waals surface area contributed by atoms with E-state index in [0.717, 1.165) is 19.4 Å². The minimum Gasteiger partial charge on any atom is -0.393 e. The van der Waals surface area contributed by atoms with Crippen LogP contribution in [0.15, 0.2) is 0 Å². The molecule has 1 aliphatic heterocycles. The SMILES string of the molecule is OC1CC2OCCCC12. The van der Waals surface area contributed by atoms with Crippen molar-refractivity contribution in [3.05, 3.63) is 0 Å². The molecule has 1 saturated heterocycles. The summed E-state index contributed by atoms with van der Waals surface area (Å²) in [7, 11) is 0. The minimum absolute atomic E-state index is 0.0460. The van der Waals surface area contributed by atoms with Crippen LogP contribution in [0.3, 0.4) is 0 Å². The molecule has 0 aromatic rings. The number of ether oxygens (including phenoxy) is 1. The summed E-state index contributed by atoms with van der Waals surface area (Å²) in [5.41, 5.74) is 0. The fourth-order valence-electron chi connectivity index (χ4n) is 1.76. The van der Waals surface area contributed by atoms with Gasteiger partial charge in [0, 0.05) is 18.9 Å². The zero-order chi connectivity index (χ0) is 6.27. The summed E-state index contributed by atoms with van der Waals surface area (Å²) in [6.45, 7) is 0.911. The number of hydrogen-bond acceptors (Lipinski definition) is 2. The van der Waals surface area contributed by atoms with Gasteiger partial charge in [-0.1, -0.05) is 0 Å². The van der Waals surface area contributed by atoms with Crippen molar-refractivity contribution in [3.8, 4) is 0 Å². The number of hydrogen-bond donors (Lipinski definition) is 1. The lowest BCUT2D eigenvalue weighted by atomic mass is 9.74. The third-order valence-electron chi connectivity index (χ3n) is 2.46. The highest BCUT2D eigenvalue weighted by Gasteiger charge is 2.41. The summed E-state index contributed by atoms with van der Waals surface area (Å²) < 4.78 is 5.39. The molecule has 0 spiro atoms. The molecule has 2 nitrogen and oxygen atoms in total. The van der Waals surface area contributed by atoms with Gasteiger partial charge in [-0.25, -0.2) is 0 Å². The van der Waals surface area contributed by atoms with E-state index in [9.17, 15) is 0 Å². The summed E-state index contributed by atoms with van der Waals surface area (Å²) in [4.78, 5) is 0. The lowest BCUT2D eigenvalue weighted by molar-refractivity contribution is -0.153. The molecule has 0 aromatic heterocycles. The predicted octanol–water partition coefficient (Wildman–Crippen LogP) is 0.546. The van der Waals surface area contributed by atoms with Crippen molar-refractivity contribution in [1.29, 1.82) is 0 Å². The Kier molecular flexibility index (Phi) is 1.24. The highest BCUT2D eigenvalue weighted by atomic mass is 16.5. The molecule has 0 aromatic carbocycles. The summed E-state index contributed by atoms with van der Waals surface area (Å²) in [6, 6.07) is 0. The fraction of sp³-hybridized carbons (Fsp3) is 1.00. The van der Waals surface area contributed by atoms with E-state index in [1.165, 1.54) is 6.42 Å². The maximum atomic E-state index is 9.16. The molecular weight excluding hydrogens is 116 g/mol. The molecule has 2 heteroatoms. The Balaban J connectivity index is 1.94. The highest BCUT2D eigenvalue weighted by molar-refractivity contribution is 4.91. The Labute approximate surface area is 54.8 Å². The van der Waals surface area contributed by atoms with E-state index >= 15 is 0 Å². The van der Waals surface area contributed by atoms with E-state index in [0.29, 0.717) is 12.0 Å². The largest absolute Gasteiger partial charge is 0.393 e. The lowest BCUT2D eigenvalue weighted by Crippen LogP contribution is -2.49. The average molecular weight is 128 g/mol. The number of aliphatic hydroxyl groups is 1. The minimum atomic E-state index is -0.0460. The lowest BCUT2D eigenvalue weighted by Gasteiger charge is -2.44. The Morgan fingerprint density at radius 1 is 1.44 bits per heavy atom. The van der Waals surface area contributed by atoms with E-state index in [1.54, 1.807) is 0 Å². The smallest absolute Gasteiger partial charge is 0.0652 e. The third kappa shape index (κ3) is 0.775. The summed E-state index contributed by atoms with van der Waals surface area (Å²) >= 11 is 0. The Morgan fingerprint density at radius 2 is 2.33 bits per heavy atom. The Hall–Kier alpha value is -0.0800. The molecule has 0 bridgehead atoms. The Bertz CT molecular complexity index is 111. The molecule has 2 aliphatic rings. The average Bonchev–Trinajstić information content (AvgIpc) is 1.86. The van der Waals surface area contributed by atoms with Gasteiger partial charge in [-0.2, -0.15) is 0 Å². The second-order valence-electron chi connectivity index (χ2n) is 3.02. The van der Waals surface area contributed by atoms with Gasteiger partial charge >= 0.3 is 0 Å². The molecule has 1 saturated carbocycles. The molecule has 52 valence electrons. The van der Waals surface area contributed by atoms with Gasteiger partial charge < -0.3 is 9.84 Å². The maximum absolute atomic E-state index is 9.16. The number of rotatable bonds is 0. The van der Waals surface area contributed by atoms with Gasteiger partial charge in [0.25, 0.3) is 0 Å². The number of aliphatic hydroxyl groups excluding tert-OH is 1. The highest BCUT2D eigenvalue weighted by Crippen LogP contribution is 2.37. The second-order valence-corrected chi connectivity index (χ2v) is 3.02. The van der Waals surface area contributed by atoms with Crippen molar-refractivity contribution in [3.63, 3.8) is 0 Å². The van der Waals surface area contributed by atoms with Crippen LogP contribution < -0.4 is 0 Å². The first-order chi connectivity index (χ1) is 4.38. The first-order valence-corrected chi connectivity index (χ1v) is 3.67. The van der Waals surface area contributed by atoms with Crippen molar-refractivity contribution in [2.24, 2.45) is 5.92 Å². The van der Waals surface area contributed by atoms with E-state index in [4.69, 9.17) is 9.84 Å². The van der Waals surface area contributed by atoms with Crippen molar-refractivity contribution in [2.75, 3.05) is 6.61 Å². The molecule has 3 unspecified atom stereocenters. The summed E-state index contributed by atoms with van der Waals surface area (Å²) in [5, 5.41) is 9.16. The molecule has 2 fully saturated rings. The maximum Gasteiger partial charge on any atom is 0.0652 e. The van der Waals surface area contributed by atoms with Crippen LogP contribution in [0.5, 0.6) is 0 Å². The summed E-state index contributed by atoms with van der Waals surface area (Å²) in [5.74, 6) is 0.485. The van der Waals surface area contributed by atoms with E-state index in [1.807, 2.05) is 0 Å².